The summed E-state index contributed by atoms with van der Waals surface area (Å²) in [5, 5.41) is 13.9. The number of rotatable bonds is 1. The van der Waals surface area contributed by atoms with E-state index < -0.39 is 17.3 Å². The number of β-amino-alcohol motifs (C(OH)–C–C–N with tert-alkyl or cyclic N) is 1. The van der Waals surface area contributed by atoms with Crippen LogP contribution in [0.3, 0.4) is 0 Å². The zero-order valence-electron chi connectivity index (χ0n) is 12.0. The average molecular weight is 270 g/mol. The molecule has 0 unspecified atom stereocenters. The summed E-state index contributed by atoms with van der Waals surface area (Å²) in [7, 11) is 0. The molecule has 0 aromatic carbocycles. The first-order valence-electron chi connectivity index (χ1n) is 6.37. The molecule has 0 spiro atoms. The molecule has 0 aromatic heterocycles. The van der Waals surface area contributed by atoms with Crippen LogP contribution in [0, 0.1) is 0 Å². The van der Waals surface area contributed by atoms with Gasteiger partial charge >= 0.3 is 6.09 Å². The van der Waals surface area contributed by atoms with Crippen molar-refractivity contribution in [3.63, 3.8) is 0 Å². The molecule has 1 aliphatic rings. The Morgan fingerprint density at radius 2 is 2.21 bits per heavy atom. The molecule has 19 heavy (non-hydrogen) atoms. The van der Waals surface area contributed by atoms with E-state index in [1.54, 1.807) is 27.7 Å². The standard InChI is InChI=1S/C12H22N4O3/c1-11(2,3)19-10(17)16-6-5-9(14-15-13)7-12(4,18)8-16/h9,18H,5-8H2,1-4H3/t9-,12-/m0/s1. The summed E-state index contributed by atoms with van der Waals surface area (Å²) < 4.78 is 5.29. The lowest BCUT2D eigenvalue weighted by molar-refractivity contribution is -0.00639. The molecule has 0 saturated carbocycles. The van der Waals surface area contributed by atoms with Gasteiger partial charge in [-0.05, 0) is 46.1 Å². The SMILES string of the molecule is CC(C)(C)OC(=O)N1CC[C@H](N=[N+]=[N-])C[C@](C)(O)C1. The third kappa shape index (κ3) is 5.36. The summed E-state index contributed by atoms with van der Waals surface area (Å²) in [5.41, 5.74) is 6.83. The lowest BCUT2D eigenvalue weighted by Gasteiger charge is -2.30. The third-order valence-corrected chi connectivity index (χ3v) is 2.81. The quantitative estimate of drug-likeness (QED) is 0.450. The molecule has 1 heterocycles. The van der Waals surface area contributed by atoms with Gasteiger partial charge in [0.05, 0.1) is 12.1 Å². The third-order valence-electron chi connectivity index (χ3n) is 2.81. The van der Waals surface area contributed by atoms with Gasteiger partial charge in [-0.2, -0.15) is 0 Å². The number of amides is 1. The molecular formula is C12H22N4O3. The minimum absolute atomic E-state index is 0.180. The Morgan fingerprint density at radius 1 is 1.58 bits per heavy atom. The van der Waals surface area contributed by atoms with E-state index in [-0.39, 0.29) is 12.6 Å². The average Bonchev–Trinajstić information content (AvgIpc) is 2.34. The van der Waals surface area contributed by atoms with Crippen LogP contribution in [0.25, 0.3) is 10.4 Å². The highest BCUT2D eigenvalue weighted by Gasteiger charge is 2.35. The molecule has 2 atom stereocenters. The van der Waals surface area contributed by atoms with Gasteiger partial charge < -0.3 is 14.7 Å². The molecule has 108 valence electrons. The highest BCUT2D eigenvalue weighted by molar-refractivity contribution is 5.68. The fourth-order valence-electron chi connectivity index (χ4n) is 2.12. The minimum atomic E-state index is -1.08. The van der Waals surface area contributed by atoms with Gasteiger partial charge in [0, 0.05) is 17.5 Å². The zero-order chi connectivity index (χ0) is 14.7. The van der Waals surface area contributed by atoms with E-state index in [0.717, 1.165) is 0 Å². The predicted molar refractivity (Wildman–Crippen MR) is 70.6 cm³/mol. The van der Waals surface area contributed by atoms with Crippen molar-refractivity contribution in [2.45, 2.75) is 57.8 Å². The monoisotopic (exact) mass is 270 g/mol. The van der Waals surface area contributed by atoms with Crippen molar-refractivity contribution in [3.8, 4) is 0 Å². The minimum Gasteiger partial charge on any atom is -0.444 e. The molecule has 1 amide bonds. The molecule has 7 heteroatoms. The number of carbonyl (C=O) groups is 1. The number of aliphatic hydroxyl groups is 1. The van der Waals surface area contributed by atoms with Crippen LogP contribution in [-0.2, 0) is 4.74 Å². The maximum Gasteiger partial charge on any atom is 0.410 e. The van der Waals surface area contributed by atoms with Gasteiger partial charge in [-0.25, -0.2) is 4.79 Å². The number of azide groups is 1. The van der Waals surface area contributed by atoms with E-state index >= 15 is 0 Å². The van der Waals surface area contributed by atoms with Crippen molar-refractivity contribution in [2.75, 3.05) is 13.1 Å². The van der Waals surface area contributed by atoms with Crippen LogP contribution in [-0.4, -0.2) is 46.4 Å². The molecular weight excluding hydrogens is 248 g/mol. The maximum absolute atomic E-state index is 12.0. The van der Waals surface area contributed by atoms with Crippen LogP contribution in [0.2, 0.25) is 0 Å². The molecule has 1 rings (SSSR count). The van der Waals surface area contributed by atoms with Crippen molar-refractivity contribution in [2.24, 2.45) is 5.11 Å². The summed E-state index contributed by atoms with van der Waals surface area (Å²) in [5.74, 6) is 0. The van der Waals surface area contributed by atoms with Gasteiger partial charge in [0.2, 0.25) is 0 Å². The van der Waals surface area contributed by atoms with E-state index in [1.165, 1.54) is 4.90 Å². The zero-order valence-corrected chi connectivity index (χ0v) is 12.0. The summed E-state index contributed by atoms with van der Waals surface area (Å²) >= 11 is 0. The van der Waals surface area contributed by atoms with Crippen LogP contribution in [0.1, 0.15) is 40.5 Å². The lowest BCUT2D eigenvalue weighted by Crippen LogP contribution is -2.44. The first-order chi connectivity index (χ1) is 8.63. The van der Waals surface area contributed by atoms with Crippen molar-refractivity contribution in [1.29, 1.82) is 0 Å². The molecule has 7 nitrogen and oxygen atoms in total. The Kier molecular flexibility index (Phi) is 4.66. The Labute approximate surface area is 113 Å². The van der Waals surface area contributed by atoms with E-state index in [4.69, 9.17) is 10.3 Å². The van der Waals surface area contributed by atoms with Crippen LogP contribution in [0.5, 0.6) is 0 Å². The molecule has 1 saturated heterocycles. The van der Waals surface area contributed by atoms with Crippen LogP contribution in [0.15, 0.2) is 5.11 Å². The molecule has 0 aliphatic carbocycles. The Morgan fingerprint density at radius 3 is 2.74 bits per heavy atom. The summed E-state index contributed by atoms with van der Waals surface area (Å²) in [6.07, 6.45) is 0.421. The first kappa shape index (κ1) is 15.6. The van der Waals surface area contributed by atoms with Crippen molar-refractivity contribution < 1.29 is 14.6 Å². The van der Waals surface area contributed by atoms with Gasteiger partial charge in [0.15, 0.2) is 0 Å². The van der Waals surface area contributed by atoms with Crippen LogP contribution in [0.4, 0.5) is 4.79 Å². The van der Waals surface area contributed by atoms with E-state index in [0.29, 0.717) is 19.4 Å². The number of hydrogen-bond acceptors (Lipinski definition) is 4. The second-order valence-electron chi connectivity index (χ2n) is 6.25. The van der Waals surface area contributed by atoms with Crippen LogP contribution >= 0.6 is 0 Å². The Balaban J connectivity index is 2.76. The fourth-order valence-corrected chi connectivity index (χ4v) is 2.12. The summed E-state index contributed by atoms with van der Waals surface area (Å²) in [6.45, 7) is 7.61. The predicted octanol–water partition coefficient (Wildman–Crippen LogP) is 2.45. The van der Waals surface area contributed by atoms with Gasteiger partial charge in [-0.1, -0.05) is 5.11 Å². The molecule has 1 N–H and O–H groups in total. The van der Waals surface area contributed by atoms with Gasteiger partial charge in [-0.15, -0.1) is 0 Å². The molecule has 0 bridgehead atoms. The highest BCUT2D eigenvalue weighted by Crippen LogP contribution is 2.24. The smallest absolute Gasteiger partial charge is 0.410 e. The van der Waals surface area contributed by atoms with Gasteiger partial charge in [0.1, 0.15) is 5.60 Å². The number of hydrogen-bond donors (Lipinski definition) is 1. The fraction of sp³-hybridized carbons (Fsp3) is 0.917. The van der Waals surface area contributed by atoms with Crippen molar-refractivity contribution in [1.82, 2.24) is 4.90 Å². The summed E-state index contributed by atoms with van der Waals surface area (Å²) in [6, 6.07) is -0.299. The largest absolute Gasteiger partial charge is 0.444 e. The van der Waals surface area contributed by atoms with Crippen molar-refractivity contribution >= 4 is 6.09 Å². The highest BCUT2D eigenvalue weighted by atomic mass is 16.6. The Hall–Kier alpha value is -1.46. The van der Waals surface area contributed by atoms with Crippen molar-refractivity contribution in [3.05, 3.63) is 10.4 Å². The maximum atomic E-state index is 12.0. The molecule has 1 aliphatic heterocycles. The lowest BCUT2D eigenvalue weighted by atomic mass is 9.97. The number of likely N-dealkylation sites (tertiary alicyclic amines) is 1. The van der Waals surface area contributed by atoms with Gasteiger partial charge in [-0.3, -0.25) is 0 Å². The topological polar surface area (TPSA) is 98.5 Å². The molecule has 0 aromatic rings. The Bertz CT molecular complexity index is 383. The van der Waals surface area contributed by atoms with E-state index in [1.807, 2.05) is 0 Å². The van der Waals surface area contributed by atoms with E-state index in [9.17, 15) is 9.90 Å². The molecule has 0 radical (unpaired) electrons. The second kappa shape index (κ2) is 5.67. The molecule has 1 fully saturated rings. The number of ether oxygens (including phenoxy) is 1. The first-order valence-corrected chi connectivity index (χ1v) is 6.37. The second-order valence-corrected chi connectivity index (χ2v) is 6.25. The van der Waals surface area contributed by atoms with Crippen LogP contribution < -0.4 is 0 Å². The van der Waals surface area contributed by atoms with Gasteiger partial charge in [0.25, 0.3) is 0 Å². The number of carbonyl (C=O) groups excluding carboxylic acids is 1. The van der Waals surface area contributed by atoms with E-state index in [2.05, 4.69) is 10.0 Å². The normalized spacial score (nSPS) is 28.3. The number of nitrogens with zero attached hydrogens (tertiary/aromatic N) is 4. The summed E-state index contributed by atoms with van der Waals surface area (Å²) in [4.78, 5) is 16.3.